The fourth-order valence-electron chi connectivity index (χ4n) is 1.37. The molecule has 0 aliphatic carbocycles. The van der Waals surface area contributed by atoms with Crippen molar-refractivity contribution in [2.45, 2.75) is 18.9 Å². The SMILES string of the molecule is COCC(=O)NC1CCNCC1.Cl. The Labute approximate surface area is 84.8 Å². The first kappa shape index (κ1) is 12.7. The van der Waals surface area contributed by atoms with Crippen LogP contribution in [-0.2, 0) is 9.53 Å². The van der Waals surface area contributed by atoms with Gasteiger partial charge in [0.1, 0.15) is 6.61 Å². The third kappa shape index (κ3) is 5.08. The average molecular weight is 209 g/mol. The van der Waals surface area contributed by atoms with Gasteiger partial charge in [-0.15, -0.1) is 12.4 Å². The van der Waals surface area contributed by atoms with Gasteiger partial charge in [-0.3, -0.25) is 4.79 Å². The van der Waals surface area contributed by atoms with Crippen molar-refractivity contribution < 1.29 is 9.53 Å². The highest BCUT2D eigenvalue weighted by molar-refractivity contribution is 5.85. The molecule has 1 rings (SSSR count). The minimum Gasteiger partial charge on any atom is -0.375 e. The van der Waals surface area contributed by atoms with E-state index in [4.69, 9.17) is 4.74 Å². The van der Waals surface area contributed by atoms with E-state index in [9.17, 15) is 4.79 Å². The lowest BCUT2D eigenvalue weighted by molar-refractivity contribution is -0.125. The molecule has 1 aliphatic rings. The largest absolute Gasteiger partial charge is 0.375 e. The van der Waals surface area contributed by atoms with E-state index in [0.717, 1.165) is 25.9 Å². The standard InChI is InChI=1S/C8H16N2O2.ClH/c1-12-6-8(11)10-7-2-4-9-5-3-7;/h7,9H,2-6H2,1H3,(H,10,11);1H. The van der Waals surface area contributed by atoms with Gasteiger partial charge < -0.3 is 15.4 Å². The molecule has 0 aromatic rings. The summed E-state index contributed by atoms with van der Waals surface area (Å²) in [6.07, 6.45) is 2.05. The second-order valence-electron chi connectivity index (χ2n) is 3.02. The molecule has 0 unspecified atom stereocenters. The third-order valence-corrected chi connectivity index (χ3v) is 1.98. The number of carbonyl (C=O) groups is 1. The summed E-state index contributed by atoms with van der Waals surface area (Å²) < 4.78 is 4.72. The van der Waals surface area contributed by atoms with E-state index >= 15 is 0 Å². The summed E-state index contributed by atoms with van der Waals surface area (Å²) in [4.78, 5) is 11.1. The number of carbonyl (C=O) groups excluding carboxylic acids is 1. The highest BCUT2D eigenvalue weighted by atomic mass is 35.5. The first-order chi connectivity index (χ1) is 5.83. The molecule has 0 saturated carbocycles. The number of methoxy groups -OCH3 is 1. The zero-order chi connectivity index (χ0) is 8.81. The van der Waals surface area contributed by atoms with Crippen molar-refractivity contribution in [2.24, 2.45) is 0 Å². The Morgan fingerprint density at radius 1 is 1.54 bits per heavy atom. The molecule has 5 heteroatoms. The van der Waals surface area contributed by atoms with Gasteiger partial charge in [0, 0.05) is 13.2 Å². The minimum absolute atomic E-state index is 0. The molecule has 1 heterocycles. The Bertz CT molecular complexity index is 149. The molecule has 78 valence electrons. The summed E-state index contributed by atoms with van der Waals surface area (Å²) in [6, 6.07) is 0.342. The van der Waals surface area contributed by atoms with Gasteiger partial charge in [0.05, 0.1) is 0 Å². The van der Waals surface area contributed by atoms with Crippen LogP contribution in [0.3, 0.4) is 0 Å². The van der Waals surface area contributed by atoms with Crippen molar-refractivity contribution in [1.29, 1.82) is 0 Å². The van der Waals surface area contributed by atoms with Crippen LogP contribution in [0, 0.1) is 0 Å². The predicted octanol–water partition coefficient (Wildman–Crippen LogP) is -0.0772. The molecule has 0 bridgehead atoms. The van der Waals surface area contributed by atoms with Gasteiger partial charge in [-0.25, -0.2) is 0 Å². The first-order valence-electron chi connectivity index (χ1n) is 4.32. The quantitative estimate of drug-likeness (QED) is 0.683. The number of rotatable bonds is 3. The minimum atomic E-state index is -0.00981. The molecule has 1 saturated heterocycles. The highest BCUT2D eigenvalue weighted by Crippen LogP contribution is 2.01. The number of amides is 1. The second-order valence-corrected chi connectivity index (χ2v) is 3.02. The van der Waals surface area contributed by atoms with Gasteiger partial charge in [-0.05, 0) is 25.9 Å². The van der Waals surface area contributed by atoms with Crippen LogP contribution in [0.1, 0.15) is 12.8 Å². The summed E-state index contributed by atoms with van der Waals surface area (Å²) in [7, 11) is 1.53. The fraction of sp³-hybridized carbons (Fsp3) is 0.875. The number of halogens is 1. The van der Waals surface area contributed by atoms with E-state index in [1.165, 1.54) is 7.11 Å². The maximum Gasteiger partial charge on any atom is 0.246 e. The molecular formula is C8H17ClN2O2. The Kier molecular flexibility index (Phi) is 6.94. The van der Waals surface area contributed by atoms with Crippen molar-refractivity contribution in [1.82, 2.24) is 10.6 Å². The van der Waals surface area contributed by atoms with Crippen LogP contribution in [-0.4, -0.2) is 38.8 Å². The maximum atomic E-state index is 11.1. The lowest BCUT2D eigenvalue weighted by Crippen LogP contribution is -2.43. The van der Waals surface area contributed by atoms with Gasteiger partial charge in [0.25, 0.3) is 0 Å². The van der Waals surface area contributed by atoms with Gasteiger partial charge in [0.15, 0.2) is 0 Å². The normalized spacial score (nSPS) is 17.6. The van der Waals surface area contributed by atoms with Gasteiger partial charge in [-0.2, -0.15) is 0 Å². The van der Waals surface area contributed by atoms with Gasteiger partial charge >= 0.3 is 0 Å². The summed E-state index contributed by atoms with van der Waals surface area (Å²) in [5.41, 5.74) is 0. The van der Waals surface area contributed by atoms with E-state index in [-0.39, 0.29) is 24.9 Å². The number of nitrogens with one attached hydrogen (secondary N) is 2. The monoisotopic (exact) mass is 208 g/mol. The van der Waals surface area contributed by atoms with Crippen molar-refractivity contribution >= 4 is 18.3 Å². The van der Waals surface area contributed by atoms with Gasteiger partial charge in [-0.1, -0.05) is 0 Å². The molecule has 1 aliphatic heterocycles. The fourth-order valence-corrected chi connectivity index (χ4v) is 1.37. The Morgan fingerprint density at radius 2 is 2.15 bits per heavy atom. The molecule has 0 aromatic heterocycles. The Balaban J connectivity index is 0.00000144. The second kappa shape index (κ2) is 7.12. The zero-order valence-corrected chi connectivity index (χ0v) is 8.65. The van der Waals surface area contributed by atoms with E-state index in [1.54, 1.807) is 0 Å². The summed E-state index contributed by atoms with van der Waals surface area (Å²) in [5.74, 6) is -0.00981. The number of ether oxygens (including phenoxy) is 1. The van der Waals surface area contributed by atoms with Crippen LogP contribution in [0.2, 0.25) is 0 Å². The molecule has 4 nitrogen and oxygen atoms in total. The molecule has 0 radical (unpaired) electrons. The van der Waals surface area contributed by atoms with E-state index in [0.29, 0.717) is 6.04 Å². The predicted molar refractivity (Wildman–Crippen MR) is 53.2 cm³/mol. The number of piperidine rings is 1. The Morgan fingerprint density at radius 3 is 2.69 bits per heavy atom. The molecular weight excluding hydrogens is 192 g/mol. The van der Waals surface area contributed by atoms with Crippen LogP contribution >= 0.6 is 12.4 Å². The van der Waals surface area contributed by atoms with Gasteiger partial charge in [0.2, 0.25) is 5.91 Å². The molecule has 1 amide bonds. The third-order valence-electron chi connectivity index (χ3n) is 1.98. The number of hydrogen-bond donors (Lipinski definition) is 2. The Hall–Kier alpha value is -0.320. The van der Waals surface area contributed by atoms with Crippen molar-refractivity contribution in [2.75, 3.05) is 26.8 Å². The van der Waals surface area contributed by atoms with Crippen molar-refractivity contribution in [3.05, 3.63) is 0 Å². The highest BCUT2D eigenvalue weighted by Gasteiger charge is 2.14. The summed E-state index contributed by atoms with van der Waals surface area (Å²) in [6.45, 7) is 2.17. The summed E-state index contributed by atoms with van der Waals surface area (Å²) >= 11 is 0. The lowest BCUT2D eigenvalue weighted by Gasteiger charge is -2.23. The van der Waals surface area contributed by atoms with Crippen LogP contribution in [0.4, 0.5) is 0 Å². The molecule has 0 aromatic carbocycles. The van der Waals surface area contributed by atoms with E-state index in [1.807, 2.05) is 0 Å². The topological polar surface area (TPSA) is 50.4 Å². The van der Waals surface area contributed by atoms with E-state index < -0.39 is 0 Å². The van der Waals surface area contributed by atoms with Crippen molar-refractivity contribution in [3.8, 4) is 0 Å². The van der Waals surface area contributed by atoms with Crippen LogP contribution in [0.15, 0.2) is 0 Å². The zero-order valence-electron chi connectivity index (χ0n) is 7.84. The maximum absolute atomic E-state index is 11.1. The average Bonchev–Trinajstić information content (AvgIpc) is 2.06. The van der Waals surface area contributed by atoms with Crippen LogP contribution in [0.25, 0.3) is 0 Å². The molecule has 1 fully saturated rings. The first-order valence-corrected chi connectivity index (χ1v) is 4.32. The molecule has 13 heavy (non-hydrogen) atoms. The summed E-state index contributed by atoms with van der Waals surface area (Å²) in [5, 5.41) is 6.15. The lowest BCUT2D eigenvalue weighted by atomic mass is 10.1. The smallest absolute Gasteiger partial charge is 0.246 e. The van der Waals surface area contributed by atoms with Crippen LogP contribution < -0.4 is 10.6 Å². The van der Waals surface area contributed by atoms with Crippen molar-refractivity contribution in [3.63, 3.8) is 0 Å². The molecule has 0 atom stereocenters. The molecule has 2 N–H and O–H groups in total. The number of hydrogen-bond acceptors (Lipinski definition) is 3. The van der Waals surface area contributed by atoms with Crippen LogP contribution in [0.5, 0.6) is 0 Å². The molecule has 0 spiro atoms. The van der Waals surface area contributed by atoms with E-state index in [2.05, 4.69) is 10.6 Å².